The first-order valence-electron chi connectivity index (χ1n) is 9.58. The third kappa shape index (κ3) is 7.37. The van der Waals surface area contributed by atoms with Gasteiger partial charge in [-0.2, -0.15) is 0 Å². The number of hydrogen-bond acceptors (Lipinski definition) is 3. The van der Waals surface area contributed by atoms with Gasteiger partial charge < -0.3 is 10.2 Å². The zero-order chi connectivity index (χ0) is 21.2. The number of carbonyl (C=O) groups is 2. The number of nitrogens with one attached hydrogen (secondary N) is 1. The second-order valence-corrected chi connectivity index (χ2v) is 8.20. The van der Waals surface area contributed by atoms with Gasteiger partial charge in [-0.15, -0.1) is 11.8 Å². The normalized spacial score (nSPS) is 11.7. The Hall–Kier alpha value is -2.05. The molecule has 2 amide bonds. The number of rotatable bonds is 10. The Morgan fingerprint density at radius 1 is 1.14 bits per heavy atom. The molecule has 0 spiro atoms. The lowest BCUT2D eigenvalue weighted by atomic mass is 10.1. The van der Waals surface area contributed by atoms with Crippen LogP contribution in [0.25, 0.3) is 0 Å². The molecule has 7 heteroatoms. The van der Waals surface area contributed by atoms with E-state index in [1.54, 1.807) is 35.8 Å². The van der Waals surface area contributed by atoms with Gasteiger partial charge in [-0.05, 0) is 60.6 Å². The van der Waals surface area contributed by atoms with E-state index in [1.165, 1.54) is 12.1 Å². The Labute approximate surface area is 180 Å². The van der Waals surface area contributed by atoms with Gasteiger partial charge in [0.25, 0.3) is 0 Å². The van der Waals surface area contributed by atoms with Gasteiger partial charge in [0.05, 0.1) is 0 Å². The highest BCUT2D eigenvalue weighted by Crippen LogP contribution is 2.22. The molecule has 0 saturated carbocycles. The highest BCUT2D eigenvalue weighted by Gasteiger charge is 2.27. The number of amides is 2. The molecule has 0 aliphatic carbocycles. The monoisotopic (exact) mass is 436 g/mol. The average molecular weight is 437 g/mol. The molecule has 0 aliphatic rings. The molecule has 0 radical (unpaired) electrons. The van der Waals surface area contributed by atoms with Gasteiger partial charge in [0.2, 0.25) is 11.8 Å². The van der Waals surface area contributed by atoms with Gasteiger partial charge in [0, 0.05) is 29.9 Å². The van der Waals surface area contributed by atoms with Crippen molar-refractivity contribution in [1.29, 1.82) is 0 Å². The first-order valence-corrected chi connectivity index (χ1v) is 10.9. The summed E-state index contributed by atoms with van der Waals surface area (Å²) in [5, 5.41) is 3.33. The second kappa shape index (κ2) is 11.8. The smallest absolute Gasteiger partial charge is 0.242 e. The van der Waals surface area contributed by atoms with E-state index in [0.29, 0.717) is 24.3 Å². The largest absolute Gasteiger partial charge is 0.357 e. The fourth-order valence-corrected chi connectivity index (χ4v) is 3.94. The van der Waals surface area contributed by atoms with E-state index >= 15 is 0 Å². The van der Waals surface area contributed by atoms with Crippen LogP contribution >= 0.6 is 23.4 Å². The molecule has 0 bridgehead atoms. The quantitative estimate of drug-likeness (QED) is 0.425. The zero-order valence-electron chi connectivity index (χ0n) is 16.7. The molecule has 156 valence electrons. The van der Waals surface area contributed by atoms with E-state index in [1.807, 2.05) is 31.2 Å². The van der Waals surface area contributed by atoms with E-state index in [9.17, 15) is 14.0 Å². The van der Waals surface area contributed by atoms with Gasteiger partial charge in [-0.1, -0.05) is 30.7 Å². The first kappa shape index (κ1) is 23.2. The van der Waals surface area contributed by atoms with Crippen molar-refractivity contribution in [2.45, 2.75) is 43.7 Å². The van der Waals surface area contributed by atoms with Crippen LogP contribution < -0.4 is 5.32 Å². The molecule has 29 heavy (non-hydrogen) atoms. The molecule has 2 rings (SSSR count). The molecule has 1 N–H and O–H groups in total. The molecule has 0 saturated heterocycles. The fourth-order valence-electron chi connectivity index (χ4n) is 2.96. The standard InChI is InChI=1S/C22H26ClFN2O2S/c1-3-20(22(28)25-2)26(15-16-6-10-18(24)11-7-16)21(27)5-4-14-29-19-12-8-17(23)9-13-19/h6-13,20H,3-5,14-15H2,1-2H3,(H,25,28)/t20-/m1/s1. The van der Waals surface area contributed by atoms with Crippen LogP contribution in [0, 0.1) is 5.82 Å². The number of carbonyl (C=O) groups excluding carboxylic acids is 2. The number of benzene rings is 2. The Bertz CT molecular complexity index is 799. The predicted octanol–water partition coefficient (Wildman–Crippen LogP) is 4.90. The number of thioether (sulfide) groups is 1. The average Bonchev–Trinajstić information content (AvgIpc) is 2.73. The van der Waals surface area contributed by atoms with Crippen molar-refractivity contribution in [3.63, 3.8) is 0 Å². The van der Waals surface area contributed by atoms with Crippen molar-refractivity contribution in [2.24, 2.45) is 0 Å². The Kier molecular flexibility index (Phi) is 9.48. The van der Waals surface area contributed by atoms with Gasteiger partial charge in [0.15, 0.2) is 0 Å². The van der Waals surface area contributed by atoms with Gasteiger partial charge in [-0.25, -0.2) is 4.39 Å². The molecule has 1 atom stereocenters. The number of nitrogens with zero attached hydrogens (tertiary/aromatic N) is 1. The van der Waals surface area contributed by atoms with Crippen LogP contribution in [-0.2, 0) is 16.1 Å². The summed E-state index contributed by atoms with van der Waals surface area (Å²) < 4.78 is 13.2. The fraction of sp³-hybridized carbons (Fsp3) is 0.364. The number of hydrogen-bond donors (Lipinski definition) is 1. The summed E-state index contributed by atoms with van der Waals surface area (Å²) in [6, 6.07) is 13.0. The van der Waals surface area contributed by atoms with E-state index in [4.69, 9.17) is 11.6 Å². The minimum absolute atomic E-state index is 0.0820. The Balaban J connectivity index is 1.99. The third-order valence-corrected chi connectivity index (χ3v) is 5.87. The summed E-state index contributed by atoms with van der Waals surface area (Å²) in [4.78, 5) is 27.9. The van der Waals surface area contributed by atoms with Gasteiger partial charge in [-0.3, -0.25) is 9.59 Å². The maximum absolute atomic E-state index is 13.2. The van der Waals surface area contributed by atoms with Crippen molar-refractivity contribution < 1.29 is 14.0 Å². The lowest BCUT2D eigenvalue weighted by Gasteiger charge is -2.30. The lowest BCUT2D eigenvalue weighted by Crippen LogP contribution is -2.48. The SMILES string of the molecule is CC[C@H](C(=O)NC)N(Cc1ccc(F)cc1)C(=O)CCCSc1ccc(Cl)cc1. The maximum Gasteiger partial charge on any atom is 0.242 e. The third-order valence-electron chi connectivity index (χ3n) is 4.52. The Morgan fingerprint density at radius 2 is 1.79 bits per heavy atom. The molecule has 0 fully saturated rings. The molecule has 2 aromatic rings. The van der Waals surface area contributed by atoms with Crippen LogP contribution in [0.2, 0.25) is 5.02 Å². The lowest BCUT2D eigenvalue weighted by molar-refractivity contribution is -0.141. The molecular weight excluding hydrogens is 411 g/mol. The summed E-state index contributed by atoms with van der Waals surface area (Å²) >= 11 is 7.56. The van der Waals surface area contributed by atoms with Crippen molar-refractivity contribution in [3.05, 3.63) is 64.9 Å². The van der Waals surface area contributed by atoms with Crippen LogP contribution in [0.15, 0.2) is 53.4 Å². The molecule has 0 aromatic heterocycles. The van der Waals surface area contributed by atoms with Crippen molar-refractivity contribution in [2.75, 3.05) is 12.8 Å². The molecule has 4 nitrogen and oxygen atoms in total. The van der Waals surface area contributed by atoms with Crippen molar-refractivity contribution in [3.8, 4) is 0 Å². The van der Waals surface area contributed by atoms with Crippen LogP contribution in [0.3, 0.4) is 0 Å². The van der Waals surface area contributed by atoms with E-state index in [-0.39, 0.29) is 24.2 Å². The summed E-state index contributed by atoms with van der Waals surface area (Å²) in [5.41, 5.74) is 0.789. The minimum Gasteiger partial charge on any atom is -0.357 e. The van der Waals surface area contributed by atoms with Crippen molar-refractivity contribution >= 4 is 35.2 Å². The van der Waals surface area contributed by atoms with Crippen LogP contribution in [0.5, 0.6) is 0 Å². The molecule has 0 unspecified atom stereocenters. The van der Waals surface area contributed by atoms with Gasteiger partial charge in [0.1, 0.15) is 11.9 Å². The van der Waals surface area contributed by atoms with Gasteiger partial charge >= 0.3 is 0 Å². The summed E-state index contributed by atoms with van der Waals surface area (Å²) in [5.74, 6) is 0.179. The zero-order valence-corrected chi connectivity index (χ0v) is 18.2. The molecule has 0 heterocycles. The van der Waals surface area contributed by atoms with E-state index in [0.717, 1.165) is 16.2 Å². The second-order valence-electron chi connectivity index (χ2n) is 6.59. The summed E-state index contributed by atoms with van der Waals surface area (Å²) in [7, 11) is 1.56. The number of halogens is 2. The number of likely N-dealkylation sites (N-methyl/N-ethyl adjacent to an activating group) is 1. The minimum atomic E-state index is -0.554. The topological polar surface area (TPSA) is 49.4 Å². The molecule has 0 aliphatic heterocycles. The summed E-state index contributed by atoms with van der Waals surface area (Å²) in [6.45, 7) is 2.15. The molecule has 2 aromatic carbocycles. The highest BCUT2D eigenvalue weighted by molar-refractivity contribution is 7.99. The predicted molar refractivity (Wildman–Crippen MR) is 117 cm³/mol. The highest BCUT2D eigenvalue weighted by atomic mass is 35.5. The van der Waals surface area contributed by atoms with E-state index in [2.05, 4.69) is 5.32 Å². The molecular formula is C22H26ClFN2O2S. The van der Waals surface area contributed by atoms with Crippen LogP contribution in [-0.4, -0.2) is 35.6 Å². The summed E-state index contributed by atoms with van der Waals surface area (Å²) in [6.07, 6.45) is 1.54. The van der Waals surface area contributed by atoms with Crippen LogP contribution in [0.4, 0.5) is 4.39 Å². The first-order chi connectivity index (χ1) is 13.9. The van der Waals surface area contributed by atoms with Crippen LogP contribution in [0.1, 0.15) is 31.7 Å². The van der Waals surface area contributed by atoms with E-state index < -0.39 is 6.04 Å². The maximum atomic E-state index is 13.2. The van der Waals surface area contributed by atoms with Crippen molar-refractivity contribution in [1.82, 2.24) is 10.2 Å². The Morgan fingerprint density at radius 3 is 2.38 bits per heavy atom.